The maximum absolute atomic E-state index is 11.1. The Labute approximate surface area is 92.5 Å². The minimum absolute atomic E-state index is 0.358. The van der Waals surface area contributed by atoms with E-state index in [9.17, 15) is 4.79 Å². The van der Waals surface area contributed by atoms with Gasteiger partial charge in [0.05, 0.1) is 6.61 Å². The number of fused-ring (bicyclic) bond motifs is 1. The Morgan fingerprint density at radius 1 is 1.50 bits per heavy atom. The molecule has 0 radical (unpaired) electrons. The molecule has 1 heterocycles. The summed E-state index contributed by atoms with van der Waals surface area (Å²) in [7, 11) is 0. The number of ether oxygens (including phenoxy) is 1. The van der Waals surface area contributed by atoms with Gasteiger partial charge in [-0.2, -0.15) is 0 Å². The molecule has 0 fully saturated rings. The summed E-state index contributed by atoms with van der Waals surface area (Å²) in [6.07, 6.45) is 2.80. The fraction of sp³-hybridized carbons (Fsp3) is 0.167. The quantitative estimate of drug-likeness (QED) is 0.585. The lowest BCUT2D eigenvalue weighted by molar-refractivity contribution is -0.137. The van der Waals surface area contributed by atoms with Crippen molar-refractivity contribution in [3.05, 3.63) is 36.2 Å². The lowest BCUT2D eigenvalue weighted by Crippen LogP contribution is -1.98. The number of nitrogens with zero attached hydrogens (tertiary/aromatic N) is 1. The Kier molecular flexibility index (Phi) is 3.00. The third kappa shape index (κ3) is 2.28. The Bertz CT molecular complexity index is 495. The van der Waals surface area contributed by atoms with Crippen molar-refractivity contribution in [3.63, 3.8) is 0 Å². The molecule has 82 valence electrons. The molecule has 4 nitrogen and oxygen atoms in total. The number of carbonyl (C=O) groups excluding carboxylic acids is 1. The Morgan fingerprint density at radius 2 is 2.31 bits per heavy atom. The zero-order valence-corrected chi connectivity index (χ0v) is 8.84. The molecule has 0 bridgehead atoms. The van der Waals surface area contributed by atoms with Gasteiger partial charge in [-0.15, -0.1) is 0 Å². The molecule has 2 aromatic rings. The summed E-state index contributed by atoms with van der Waals surface area (Å²) < 4.78 is 10.1. The average Bonchev–Trinajstić information content (AvgIpc) is 2.69. The smallest absolute Gasteiger partial charge is 0.330 e. The van der Waals surface area contributed by atoms with E-state index in [1.54, 1.807) is 6.92 Å². The number of carbonyl (C=O) groups is 1. The van der Waals surface area contributed by atoms with Gasteiger partial charge in [-0.05, 0) is 19.1 Å². The molecule has 0 saturated carbocycles. The van der Waals surface area contributed by atoms with Gasteiger partial charge < -0.3 is 9.15 Å². The second-order valence-corrected chi connectivity index (χ2v) is 3.11. The van der Waals surface area contributed by atoms with Crippen molar-refractivity contribution in [1.29, 1.82) is 0 Å². The third-order valence-corrected chi connectivity index (χ3v) is 1.96. The first-order valence-corrected chi connectivity index (χ1v) is 5.00. The van der Waals surface area contributed by atoms with Crippen LogP contribution in [0, 0.1) is 0 Å². The number of benzene rings is 1. The van der Waals surface area contributed by atoms with Gasteiger partial charge in [0.15, 0.2) is 5.58 Å². The highest BCUT2D eigenvalue weighted by Gasteiger charge is 2.02. The van der Waals surface area contributed by atoms with E-state index in [1.807, 2.05) is 24.3 Å². The third-order valence-electron chi connectivity index (χ3n) is 1.96. The van der Waals surface area contributed by atoms with Crippen molar-refractivity contribution >= 4 is 23.1 Å². The Balaban J connectivity index is 2.18. The van der Waals surface area contributed by atoms with Crippen LogP contribution in [-0.4, -0.2) is 17.6 Å². The lowest BCUT2D eigenvalue weighted by Gasteiger charge is -1.92. The molecule has 16 heavy (non-hydrogen) atoms. The summed E-state index contributed by atoms with van der Waals surface area (Å²) in [5, 5.41) is 0. The van der Waals surface area contributed by atoms with Gasteiger partial charge in [0, 0.05) is 12.2 Å². The minimum Gasteiger partial charge on any atom is -0.463 e. The molecule has 0 unspecified atom stereocenters. The number of aromatic nitrogens is 1. The van der Waals surface area contributed by atoms with Crippen molar-refractivity contribution in [2.24, 2.45) is 0 Å². The highest BCUT2D eigenvalue weighted by Crippen LogP contribution is 2.15. The first-order valence-electron chi connectivity index (χ1n) is 5.00. The number of hydrogen-bond donors (Lipinski definition) is 0. The van der Waals surface area contributed by atoms with E-state index in [1.165, 1.54) is 12.2 Å². The van der Waals surface area contributed by atoms with Gasteiger partial charge in [0.25, 0.3) is 0 Å². The molecule has 0 saturated heterocycles. The predicted octanol–water partition coefficient (Wildman–Crippen LogP) is 2.40. The van der Waals surface area contributed by atoms with Crippen LogP contribution in [0.3, 0.4) is 0 Å². The summed E-state index contributed by atoms with van der Waals surface area (Å²) in [4.78, 5) is 15.2. The van der Waals surface area contributed by atoms with Gasteiger partial charge in [-0.3, -0.25) is 0 Å². The van der Waals surface area contributed by atoms with Crippen LogP contribution in [0.2, 0.25) is 0 Å². The summed E-state index contributed by atoms with van der Waals surface area (Å²) in [5.41, 5.74) is 1.47. The van der Waals surface area contributed by atoms with Crippen LogP contribution in [0.25, 0.3) is 17.2 Å². The van der Waals surface area contributed by atoms with Crippen LogP contribution in [0.15, 0.2) is 34.8 Å². The lowest BCUT2D eigenvalue weighted by atomic mass is 10.3. The number of esters is 1. The van der Waals surface area contributed by atoms with Crippen LogP contribution < -0.4 is 0 Å². The first-order chi connectivity index (χ1) is 7.79. The first kappa shape index (κ1) is 10.4. The molecule has 2 rings (SSSR count). The highest BCUT2D eigenvalue weighted by atomic mass is 16.5. The van der Waals surface area contributed by atoms with Crippen LogP contribution in [0.5, 0.6) is 0 Å². The van der Waals surface area contributed by atoms with Gasteiger partial charge in [0.2, 0.25) is 5.89 Å². The average molecular weight is 217 g/mol. The maximum Gasteiger partial charge on any atom is 0.330 e. The summed E-state index contributed by atoms with van der Waals surface area (Å²) >= 11 is 0. The zero-order valence-electron chi connectivity index (χ0n) is 8.84. The topological polar surface area (TPSA) is 52.3 Å². The molecular formula is C12H11NO3. The minimum atomic E-state index is -0.398. The van der Waals surface area contributed by atoms with Gasteiger partial charge >= 0.3 is 5.97 Å². The summed E-state index contributed by atoms with van der Waals surface area (Å²) in [6, 6.07) is 7.42. The van der Waals surface area contributed by atoms with Crippen molar-refractivity contribution < 1.29 is 13.9 Å². The van der Waals surface area contributed by atoms with E-state index in [0.717, 1.165) is 5.52 Å². The molecule has 0 amide bonds. The Morgan fingerprint density at radius 3 is 3.06 bits per heavy atom. The number of para-hydroxylation sites is 2. The molecule has 4 heteroatoms. The van der Waals surface area contributed by atoms with Gasteiger partial charge in [-0.1, -0.05) is 12.1 Å². The summed E-state index contributed by atoms with van der Waals surface area (Å²) in [5.74, 6) is -0.000917. The predicted molar refractivity (Wildman–Crippen MR) is 59.7 cm³/mol. The van der Waals surface area contributed by atoms with Gasteiger partial charge in [-0.25, -0.2) is 9.78 Å². The van der Waals surface area contributed by atoms with Gasteiger partial charge in [0.1, 0.15) is 5.52 Å². The van der Waals surface area contributed by atoms with E-state index in [2.05, 4.69) is 4.98 Å². The molecular weight excluding hydrogens is 206 g/mol. The van der Waals surface area contributed by atoms with E-state index >= 15 is 0 Å². The number of rotatable bonds is 3. The number of hydrogen-bond acceptors (Lipinski definition) is 4. The highest BCUT2D eigenvalue weighted by molar-refractivity contribution is 5.86. The van der Waals surface area contributed by atoms with E-state index in [0.29, 0.717) is 18.1 Å². The molecule has 0 atom stereocenters. The maximum atomic E-state index is 11.1. The Hall–Kier alpha value is -2.10. The van der Waals surface area contributed by atoms with E-state index < -0.39 is 5.97 Å². The van der Waals surface area contributed by atoms with Crippen LogP contribution >= 0.6 is 0 Å². The number of oxazole rings is 1. The zero-order chi connectivity index (χ0) is 11.4. The fourth-order valence-electron chi connectivity index (χ4n) is 1.29. The monoisotopic (exact) mass is 217 g/mol. The second-order valence-electron chi connectivity index (χ2n) is 3.11. The van der Waals surface area contributed by atoms with Crippen LogP contribution in [0.4, 0.5) is 0 Å². The molecule has 0 N–H and O–H groups in total. The van der Waals surface area contributed by atoms with Crippen molar-refractivity contribution in [1.82, 2.24) is 4.98 Å². The second kappa shape index (κ2) is 4.61. The summed E-state index contributed by atoms with van der Waals surface area (Å²) in [6.45, 7) is 2.11. The van der Waals surface area contributed by atoms with E-state index in [-0.39, 0.29) is 0 Å². The molecule has 1 aromatic carbocycles. The molecule has 0 aliphatic carbocycles. The SMILES string of the molecule is CCOC(=O)/C=C\c1nc2ccccc2o1. The van der Waals surface area contributed by atoms with Crippen molar-refractivity contribution in [2.45, 2.75) is 6.92 Å². The largest absolute Gasteiger partial charge is 0.463 e. The fourth-order valence-corrected chi connectivity index (χ4v) is 1.29. The molecule has 0 spiro atoms. The van der Waals surface area contributed by atoms with Crippen molar-refractivity contribution in [3.8, 4) is 0 Å². The standard InChI is InChI=1S/C12H11NO3/c1-2-15-12(14)8-7-11-13-9-5-3-4-6-10(9)16-11/h3-8H,2H2,1H3/b8-7-. The van der Waals surface area contributed by atoms with Crippen LogP contribution in [0.1, 0.15) is 12.8 Å². The normalized spacial score (nSPS) is 11.1. The van der Waals surface area contributed by atoms with Crippen LogP contribution in [-0.2, 0) is 9.53 Å². The molecule has 0 aliphatic rings. The molecule has 1 aromatic heterocycles. The van der Waals surface area contributed by atoms with Crippen molar-refractivity contribution in [2.75, 3.05) is 6.61 Å². The molecule has 0 aliphatic heterocycles. The van der Waals surface area contributed by atoms with E-state index in [4.69, 9.17) is 9.15 Å².